The standard InChI is InChI=1S/C25H33N3O4S/c1-6-7-8-14-32-19-11-9-10-18(15-19)21-20(22(29)24-16(2)26-17(3)33-24)23(30)25(31)28(21)13-12-27(4)5/h9-11,15,21,30H,6-8,12-14H2,1-5H3. The van der Waals surface area contributed by atoms with Crippen molar-refractivity contribution >= 4 is 23.0 Å². The SMILES string of the molecule is CCCCCOc1cccc(C2C(C(=O)c3sc(C)nc3C)=C(O)C(=O)N2CCN(C)C)c1. The van der Waals surface area contributed by atoms with E-state index in [4.69, 9.17) is 4.74 Å². The molecular weight excluding hydrogens is 438 g/mol. The molecule has 1 aromatic heterocycles. The molecule has 8 heteroatoms. The Balaban J connectivity index is 1.99. The average Bonchev–Trinajstić information content (AvgIpc) is 3.25. The first-order valence-electron chi connectivity index (χ1n) is 11.3. The van der Waals surface area contributed by atoms with Gasteiger partial charge in [-0.25, -0.2) is 4.98 Å². The van der Waals surface area contributed by atoms with Crippen LogP contribution in [0.5, 0.6) is 5.75 Å². The van der Waals surface area contributed by atoms with E-state index >= 15 is 0 Å². The summed E-state index contributed by atoms with van der Waals surface area (Å²) in [6.07, 6.45) is 3.17. The van der Waals surface area contributed by atoms with Crippen LogP contribution in [-0.4, -0.2) is 65.4 Å². The molecule has 178 valence electrons. The van der Waals surface area contributed by atoms with E-state index in [1.807, 2.05) is 50.2 Å². The molecular formula is C25H33N3O4S. The Kier molecular flexibility index (Phi) is 8.26. The minimum absolute atomic E-state index is 0.105. The lowest BCUT2D eigenvalue weighted by Gasteiger charge is -2.28. The van der Waals surface area contributed by atoms with Crippen molar-refractivity contribution in [3.8, 4) is 5.75 Å². The largest absolute Gasteiger partial charge is 0.503 e. The van der Waals surface area contributed by atoms with Gasteiger partial charge in [0, 0.05) is 13.1 Å². The molecule has 0 spiro atoms. The third-order valence-corrected chi connectivity index (χ3v) is 6.71. The van der Waals surface area contributed by atoms with Gasteiger partial charge in [-0.1, -0.05) is 31.9 Å². The predicted octanol–water partition coefficient (Wildman–Crippen LogP) is 4.47. The van der Waals surface area contributed by atoms with Crippen molar-refractivity contribution in [3.05, 3.63) is 56.7 Å². The van der Waals surface area contributed by atoms with Crippen molar-refractivity contribution in [2.24, 2.45) is 0 Å². The number of rotatable bonds is 11. The van der Waals surface area contributed by atoms with Crippen molar-refractivity contribution in [2.45, 2.75) is 46.1 Å². The van der Waals surface area contributed by atoms with Crippen LogP contribution in [0.1, 0.15) is 58.2 Å². The Morgan fingerprint density at radius 2 is 2.03 bits per heavy atom. The lowest BCUT2D eigenvalue weighted by molar-refractivity contribution is -0.129. The molecule has 7 nitrogen and oxygen atoms in total. The number of aliphatic hydroxyl groups is 1. The number of ether oxygens (including phenoxy) is 1. The topological polar surface area (TPSA) is 83.0 Å². The van der Waals surface area contributed by atoms with Gasteiger partial charge in [0.2, 0.25) is 5.78 Å². The number of benzene rings is 1. The highest BCUT2D eigenvalue weighted by atomic mass is 32.1. The first-order valence-corrected chi connectivity index (χ1v) is 12.2. The Morgan fingerprint density at radius 1 is 1.27 bits per heavy atom. The van der Waals surface area contributed by atoms with Gasteiger partial charge in [0.25, 0.3) is 5.91 Å². The molecule has 1 aromatic carbocycles. The summed E-state index contributed by atoms with van der Waals surface area (Å²) >= 11 is 1.28. The highest BCUT2D eigenvalue weighted by Gasteiger charge is 2.44. The number of unbranched alkanes of at least 4 members (excludes halogenated alkanes) is 2. The minimum Gasteiger partial charge on any atom is -0.503 e. The third kappa shape index (κ3) is 5.62. The molecule has 1 aliphatic rings. The zero-order chi connectivity index (χ0) is 24.1. The number of likely N-dealkylation sites (N-methyl/N-ethyl adjacent to an activating group) is 1. The molecule has 1 aliphatic heterocycles. The maximum Gasteiger partial charge on any atom is 0.290 e. The molecule has 1 atom stereocenters. The average molecular weight is 472 g/mol. The highest BCUT2D eigenvalue weighted by molar-refractivity contribution is 7.14. The number of aryl methyl sites for hydroxylation is 2. The number of ketones is 1. The summed E-state index contributed by atoms with van der Waals surface area (Å²) in [6.45, 7) is 7.33. The maximum absolute atomic E-state index is 13.6. The van der Waals surface area contributed by atoms with Crippen LogP contribution in [0.25, 0.3) is 0 Å². The van der Waals surface area contributed by atoms with E-state index in [1.54, 1.807) is 11.8 Å². The second kappa shape index (κ2) is 10.9. The van der Waals surface area contributed by atoms with Crippen LogP contribution in [0.4, 0.5) is 0 Å². The summed E-state index contributed by atoms with van der Waals surface area (Å²) in [5.74, 6) is -0.677. The van der Waals surface area contributed by atoms with Gasteiger partial charge in [-0.05, 0) is 52.1 Å². The van der Waals surface area contributed by atoms with E-state index in [1.165, 1.54) is 11.3 Å². The van der Waals surface area contributed by atoms with E-state index < -0.39 is 17.7 Å². The van der Waals surface area contributed by atoms with Gasteiger partial charge >= 0.3 is 0 Å². The molecule has 1 unspecified atom stereocenters. The highest BCUT2D eigenvalue weighted by Crippen LogP contribution is 2.40. The van der Waals surface area contributed by atoms with Crippen LogP contribution in [0.3, 0.4) is 0 Å². The number of carbonyl (C=O) groups is 2. The Bertz CT molecular complexity index is 1040. The fourth-order valence-corrected chi connectivity index (χ4v) is 4.83. The van der Waals surface area contributed by atoms with Gasteiger partial charge in [0.1, 0.15) is 5.75 Å². The molecule has 2 aromatic rings. The summed E-state index contributed by atoms with van der Waals surface area (Å²) in [4.78, 5) is 35.0. The Morgan fingerprint density at radius 3 is 2.67 bits per heavy atom. The quantitative estimate of drug-likeness (QED) is 0.385. The summed E-state index contributed by atoms with van der Waals surface area (Å²) in [7, 11) is 3.84. The first kappa shape index (κ1) is 24.9. The smallest absolute Gasteiger partial charge is 0.290 e. The van der Waals surface area contributed by atoms with Crippen molar-refractivity contribution in [2.75, 3.05) is 33.8 Å². The molecule has 1 N–H and O–H groups in total. The van der Waals surface area contributed by atoms with Crippen LogP contribution in [0, 0.1) is 13.8 Å². The number of hydrogen-bond donors (Lipinski definition) is 1. The molecule has 0 bridgehead atoms. The van der Waals surface area contributed by atoms with E-state index in [0.717, 1.165) is 29.8 Å². The molecule has 0 fully saturated rings. The number of aromatic nitrogens is 1. The lowest BCUT2D eigenvalue weighted by Crippen LogP contribution is -2.36. The zero-order valence-corrected chi connectivity index (χ0v) is 20.9. The molecule has 0 aliphatic carbocycles. The van der Waals surface area contributed by atoms with Crippen molar-refractivity contribution in [1.82, 2.24) is 14.8 Å². The second-order valence-corrected chi connectivity index (χ2v) is 9.77. The molecule has 2 heterocycles. The van der Waals surface area contributed by atoms with Gasteiger partial charge in [-0.2, -0.15) is 0 Å². The van der Waals surface area contributed by atoms with Crippen molar-refractivity contribution in [3.63, 3.8) is 0 Å². The van der Waals surface area contributed by atoms with Gasteiger partial charge in [0.15, 0.2) is 5.76 Å². The summed E-state index contributed by atoms with van der Waals surface area (Å²) < 4.78 is 5.92. The van der Waals surface area contributed by atoms with Crippen molar-refractivity contribution in [1.29, 1.82) is 0 Å². The number of carbonyl (C=O) groups excluding carboxylic acids is 2. The number of amides is 1. The van der Waals surface area contributed by atoms with Crippen LogP contribution < -0.4 is 4.74 Å². The van der Waals surface area contributed by atoms with Crippen LogP contribution in [0.15, 0.2) is 35.6 Å². The van der Waals surface area contributed by atoms with Gasteiger partial charge < -0.3 is 19.6 Å². The lowest BCUT2D eigenvalue weighted by atomic mass is 9.95. The summed E-state index contributed by atoms with van der Waals surface area (Å²) in [5, 5.41) is 11.6. The minimum atomic E-state index is -0.689. The van der Waals surface area contributed by atoms with Gasteiger partial charge in [-0.15, -0.1) is 11.3 Å². The second-order valence-electron chi connectivity index (χ2n) is 8.57. The van der Waals surface area contributed by atoms with Crippen LogP contribution in [-0.2, 0) is 4.79 Å². The molecule has 0 radical (unpaired) electrons. The van der Waals surface area contributed by atoms with E-state index in [-0.39, 0.29) is 11.4 Å². The fourth-order valence-electron chi connectivity index (χ4n) is 3.95. The summed E-state index contributed by atoms with van der Waals surface area (Å²) in [5.41, 5.74) is 1.45. The Hall–Kier alpha value is -2.71. The van der Waals surface area contributed by atoms with E-state index in [2.05, 4.69) is 11.9 Å². The number of aliphatic hydroxyl groups excluding tert-OH is 1. The van der Waals surface area contributed by atoms with E-state index in [0.29, 0.717) is 36.0 Å². The normalized spacial score (nSPS) is 16.2. The van der Waals surface area contributed by atoms with Gasteiger partial charge in [-0.3, -0.25) is 9.59 Å². The maximum atomic E-state index is 13.6. The molecule has 3 rings (SSSR count). The zero-order valence-electron chi connectivity index (χ0n) is 20.1. The number of nitrogens with zero attached hydrogens (tertiary/aromatic N) is 3. The monoisotopic (exact) mass is 471 g/mol. The summed E-state index contributed by atoms with van der Waals surface area (Å²) in [6, 6.07) is 6.78. The Labute approximate surface area is 199 Å². The molecule has 33 heavy (non-hydrogen) atoms. The van der Waals surface area contributed by atoms with Crippen LogP contribution >= 0.6 is 11.3 Å². The number of thiazole rings is 1. The predicted molar refractivity (Wildman–Crippen MR) is 130 cm³/mol. The van der Waals surface area contributed by atoms with Crippen LogP contribution in [0.2, 0.25) is 0 Å². The third-order valence-electron chi connectivity index (χ3n) is 5.64. The van der Waals surface area contributed by atoms with E-state index in [9.17, 15) is 14.7 Å². The number of hydrogen-bond acceptors (Lipinski definition) is 7. The fraction of sp³-hybridized carbons (Fsp3) is 0.480. The molecule has 0 saturated carbocycles. The van der Waals surface area contributed by atoms with Crippen molar-refractivity contribution < 1.29 is 19.4 Å². The first-order chi connectivity index (χ1) is 15.7. The molecule has 1 amide bonds. The van der Waals surface area contributed by atoms with Gasteiger partial charge in [0.05, 0.1) is 33.8 Å². The molecule has 0 saturated heterocycles. The number of Topliss-reactive ketones (excluding diaryl/α,β-unsaturated/α-hetero) is 1.